The van der Waals surface area contributed by atoms with E-state index < -0.39 is 0 Å². The van der Waals surface area contributed by atoms with Crippen LogP contribution in [0.3, 0.4) is 0 Å². The molecule has 0 aromatic heterocycles. The van der Waals surface area contributed by atoms with Crippen LogP contribution in [0.4, 0.5) is 17.1 Å². The molecular formula is C16H25N3O2. The van der Waals surface area contributed by atoms with Crippen LogP contribution in [0, 0.1) is 16.0 Å². The van der Waals surface area contributed by atoms with Gasteiger partial charge in [-0.15, -0.1) is 0 Å². The fraction of sp³-hybridized carbons (Fsp3) is 0.625. The first-order chi connectivity index (χ1) is 10.0. The Labute approximate surface area is 126 Å². The lowest BCUT2D eigenvalue weighted by Crippen LogP contribution is -2.41. The first-order valence-electron chi connectivity index (χ1n) is 7.81. The lowest BCUT2D eigenvalue weighted by atomic mass is 9.94. The fourth-order valence-electron chi connectivity index (χ4n) is 2.89. The SMILES string of the molecule is CCCNc1cc(N2CC(C)CCC2C)cc([N+](=O)[O-])c1. The summed E-state index contributed by atoms with van der Waals surface area (Å²) in [4.78, 5) is 13.2. The number of piperidine rings is 1. The van der Waals surface area contributed by atoms with Gasteiger partial charge >= 0.3 is 0 Å². The second-order valence-corrected chi connectivity index (χ2v) is 6.11. The third-order valence-electron chi connectivity index (χ3n) is 4.14. The number of hydrogen-bond acceptors (Lipinski definition) is 4. The molecule has 2 rings (SSSR count). The number of nitro groups is 1. The summed E-state index contributed by atoms with van der Waals surface area (Å²) in [6, 6.07) is 5.79. The van der Waals surface area contributed by atoms with E-state index in [2.05, 4.69) is 31.0 Å². The van der Waals surface area contributed by atoms with Crippen LogP contribution in [0.5, 0.6) is 0 Å². The van der Waals surface area contributed by atoms with Crippen molar-refractivity contribution < 1.29 is 4.92 Å². The van der Waals surface area contributed by atoms with Crippen LogP contribution in [0.25, 0.3) is 0 Å². The molecule has 1 aliphatic rings. The van der Waals surface area contributed by atoms with E-state index in [9.17, 15) is 10.1 Å². The van der Waals surface area contributed by atoms with Crippen LogP contribution < -0.4 is 10.2 Å². The predicted molar refractivity (Wildman–Crippen MR) is 87.1 cm³/mol. The molecule has 1 aromatic rings. The molecule has 1 N–H and O–H groups in total. The molecule has 1 fully saturated rings. The predicted octanol–water partition coefficient (Wildman–Crippen LogP) is 4.04. The van der Waals surface area contributed by atoms with E-state index in [1.165, 1.54) is 6.42 Å². The first-order valence-corrected chi connectivity index (χ1v) is 7.81. The van der Waals surface area contributed by atoms with Crippen molar-refractivity contribution in [3.8, 4) is 0 Å². The van der Waals surface area contributed by atoms with Gasteiger partial charge in [0.1, 0.15) is 0 Å². The topological polar surface area (TPSA) is 58.4 Å². The van der Waals surface area contributed by atoms with Crippen molar-refractivity contribution in [1.82, 2.24) is 0 Å². The van der Waals surface area contributed by atoms with Crippen molar-refractivity contribution in [1.29, 1.82) is 0 Å². The van der Waals surface area contributed by atoms with Crippen molar-refractivity contribution in [2.45, 2.75) is 46.1 Å². The van der Waals surface area contributed by atoms with Gasteiger partial charge in [0.25, 0.3) is 5.69 Å². The highest BCUT2D eigenvalue weighted by Gasteiger charge is 2.24. The van der Waals surface area contributed by atoms with Gasteiger partial charge in [0, 0.05) is 42.6 Å². The Bertz CT molecular complexity index is 504. The summed E-state index contributed by atoms with van der Waals surface area (Å²) in [5, 5.41) is 14.4. The molecule has 2 unspecified atom stereocenters. The second-order valence-electron chi connectivity index (χ2n) is 6.11. The zero-order chi connectivity index (χ0) is 15.4. The summed E-state index contributed by atoms with van der Waals surface area (Å²) in [6.07, 6.45) is 3.37. The van der Waals surface area contributed by atoms with E-state index in [-0.39, 0.29) is 10.6 Å². The van der Waals surface area contributed by atoms with Gasteiger partial charge in [-0.25, -0.2) is 0 Å². The monoisotopic (exact) mass is 291 g/mol. The highest BCUT2D eigenvalue weighted by atomic mass is 16.6. The Hall–Kier alpha value is -1.78. The maximum atomic E-state index is 11.2. The van der Waals surface area contributed by atoms with Gasteiger partial charge in [-0.1, -0.05) is 13.8 Å². The van der Waals surface area contributed by atoms with Crippen LogP contribution in [0.2, 0.25) is 0 Å². The number of nitrogens with zero attached hydrogens (tertiary/aromatic N) is 2. The van der Waals surface area contributed by atoms with Gasteiger partial charge in [-0.2, -0.15) is 0 Å². The number of anilines is 2. The molecule has 0 radical (unpaired) electrons. The quantitative estimate of drug-likeness (QED) is 0.657. The van der Waals surface area contributed by atoms with Gasteiger partial charge < -0.3 is 10.2 Å². The van der Waals surface area contributed by atoms with E-state index in [1.807, 2.05) is 6.07 Å². The maximum Gasteiger partial charge on any atom is 0.273 e. The zero-order valence-electron chi connectivity index (χ0n) is 13.1. The van der Waals surface area contributed by atoms with Gasteiger partial charge in [-0.3, -0.25) is 10.1 Å². The average molecular weight is 291 g/mol. The normalized spacial score (nSPS) is 22.1. The van der Waals surface area contributed by atoms with Crippen LogP contribution >= 0.6 is 0 Å². The lowest BCUT2D eigenvalue weighted by molar-refractivity contribution is -0.384. The summed E-state index contributed by atoms with van der Waals surface area (Å²) in [7, 11) is 0. The smallest absolute Gasteiger partial charge is 0.273 e. The fourth-order valence-corrected chi connectivity index (χ4v) is 2.89. The zero-order valence-corrected chi connectivity index (χ0v) is 13.1. The minimum absolute atomic E-state index is 0.163. The van der Waals surface area contributed by atoms with Crippen molar-refractivity contribution in [2.75, 3.05) is 23.3 Å². The Morgan fingerprint density at radius 2 is 2.10 bits per heavy atom. The van der Waals surface area contributed by atoms with E-state index in [0.717, 1.165) is 37.3 Å². The molecule has 0 spiro atoms. The minimum Gasteiger partial charge on any atom is -0.385 e. The largest absolute Gasteiger partial charge is 0.385 e. The van der Waals surface area contributed by atoms with Crippen molar-refractivity contribution in [2.24, 2.45) is 5.92 Å². The average Bonchev–Trinajstić information content (AvgIpc) is 2.47. The summed E-state index contributed by atoms with van der Waals surface area (Å²) in [5.74, 6) is 0.632. The Morgan fingerprint density at radius 1 is 1.33 bits per heavy atom. The molecule has 0 amide bonds. The van der Waals surface area contributed by atoms with E-state index in [0.29, 0.717) is 12.0 Å². The number of benzene rings is 1. The maximum absolute atomic E-state index is 11.2. The molecule has 1 saturated heterocycles. The number of hydrogen-bond donors (Lipinski definition) is 1. The molecule has 1 heterocycles. The molecule has 0 bridgehead atoms. The molecule has 1 aromatic carbocycles. The van der Waals surface area contributed by atoms with Gasteiger partial charge in [-0.05, 0) is 38.2 Å². The Kier molecular flexibility index (Phi) is 5.04. The number of nitrogens with one attached hydrogen (secondary N) is 1. The third kappa shape index (κ3) is 3.86. The molecule has 0 aliphatic carbocycles. The molecule has 116 valence electrons. The lowest BCUT2D eigenvalue weighted by Gasteiger charge is -2.38. The van der Waals surface area contributed by atoms with Crippen LogP contribution in [-0.2, 0) is 0 Å². The van der Waals surface area contributed by atoms with Crippen molar-refractivity contribution >= 4 is 17.1 Å². The highest BCUT2D eigenvalue weighted by Crippen LogP contribution is 2.32. The van der Waals surface area contributed by atoms with Gasteiger partial charge in [0.2, 0.25) is 0 Å². The number of non-ortho nitro benzene ring substituents is 1. The van der Waals surface area contributed by atoms with E-state index >= 15 is 0 Å². The summed E-state index contributed by atoms with van der Waals surface area (Å²) in [5.41, 5.74) is 1.96. The van der Waals surface area contributed by atoms with Crippen LogP contribution in [0.1, 0.15) is 40.0 Å². The third-order valence-corrected chi connectivity index (χ3v) is 4.14. The standard InChI is InChI=1S/C16H25N3O2/c1-4-7-17-14-8-15(10-16(9-14)19(20)21)18-11-12(2)5-6-13(18)3/h8-10,12-13,17H,4-7,11H2,1-3H3. The van der Waals surface area contributed by atoms with Gasteiger partial charge in [0.05, 0.1) is 4.92 Å². The minimum atomic E-state index is -0.307. The molecular weight excluding hydrogens is 266 g/mol. The highest BCUT2D eigenvalue weighted by molar-refractivity contribution is 5.65. The molecule has 5 nitrogen and oxygen atoms in total. The Morgan fingerprint density at radius 3 is 2.76 bits per heavy atom. The van der Waals surface area contributed by atoms with Gasteiger partial charge in [0.15, 0.2) is 0 Å². The molecule has 5 heteroatoms. The van der Waals surface area contributed by atoms with Crippen molar-refractivity contribution in [3.63, 3.8) is 0 Å². The van der Waals surface area contributed by atoms with Crippen LogP contribution in [-0.4, -0.2) is 24.1 Å². The Balaban J connectivity index is 2.32. The summed E-state index contributed by atoms with van der Waals surface area (Å²) >= 11 is 0. The van der Waals surface area contributed by atoms with Crippen molar-refractivity contribution in [3.05, 3.63) is 28.3 Å². The van der Waals surface area contributed by atoms with E-state index in [1.54, 1.807) is 12.1 Å². The number of nitro benzene ring substituents is 1. The first kappa shape index (κ1) is 15.6. The molecule has 21 heavy (non-hydrogen) atoms. The number of rotatable bonds is 5. The second kappa shape index (κ2) is 6.78. The molecule has 0 saturated carbocycles. The summed E-state index contributed by atoms with van der Waals surface area (Å²) < 4.78 is 0. The van der Waals surface area contributed by atoms with Crippen LogP contribution in [0.15, 0.2) is 18.2 Å². The van der Waals surface area contributed by atoms with E-state index in [4.69, 9.17) is 0 Å². The molecule has 1 aliphatic heterocycles. The molecule has 2 atom stereocenters. The summed E-state index contributed by atoms with van der Waals surface area (Å²) in [6.45, 7) is 8.32.